The fraction of sp³-hybridized carbons (Fsp3) is 0.318. The summed E-state index contributed by atoms with van der Waals surface area (Å²) in [7, 11) is 0. The minimum atomic E-state index is -0.0344. The van der Waals surface area contributed by atoms with E-state index in [0.29, 0.717) is 6.04 Å². The monoisotopic (exact) mass is 388 g/mol. The van der Waals surface area contributed by atoms with Crippen molar-refractivity contribution in [3.8, 4) is 5.69 Å². The number of anilines is 1. The Labute approximate surface area is 170 Å². The molecule has 1 aromatic heterocycles. The number of amides is 2. The molecule has 0 atom stereocenters. The van der Waals surface area contributed by atoms with Crippen LogP contribution in [0.5, 0.6) is 0 Å². The first-order chi connectivity index (χ1) is 14.3. The van der Waals surface area contributed by atoms with E-state index in [1.807, 2.05) is 29.2 Å². The van der Waals surface area contributed by atoms with Gasteiger partial charge in [-0.25, -0.2) is 14.5 Å². The Morgan fingerprint density at radius 1 is 0.931 bits per heavy atom. The first-order valence-electron chi connectivity index (χ1n) is 10.1. The van der Waals surface area contributed by atoms with E-state index in [1.165, 1.54) is 17.5 Å². The highest BCUT2D eigenvalue weighted by molar-refractivity contribution is 5.89. The smallest absolute Gasteiger partial charge is 0.321 e. The second-order valence-corrected chi connectivity index (χ2v) is 7.67. The molecule has 2 aliphatic rings. The van der Waals surface area contributed by atoms with Crippen LogP contribution >= 0.6 is 0 Å². The summed E-state index contributed by atoms with van der Waals surface area (Å²) in [4.78, 5) is 21.0. The number of hydrogen-bond acceptors (Lipinski definition) is 4. The maximum atomic E-state index is 12.7. The fourth-order valence-corrected chi connectivity index (χ4v) is 4.33. The minimum Gasteiger partial charge on any atom is -0.322 e. The molecule has 1 aliphatic carbocycles. The summed E-state index contributed by atoms with van der Waals surface area (Å²) in [6.07, 6.45) is 5.40. The Balaban J connectivity index is 1.14. The van der Waals surface area contributed by atoms with Crippen LogP contribution in [0.4, 0.5) is 10.5 Å². The van der Waals surface area contributed by atoms with Gasteiger partial charge < -0.3 is 10.2 Å². The number of fused-ring (bicyclic) bond motifs is 1. The maximum absolute atomic E-state index is 12.7. The van der Waals surface area contributed by atoms with Gasteiger partial charge in [0.15, 0.2) is 0 Å². The number of benzene rings is 2. The highest BCUT2D eigenvalue weighted by atomic mass is 16.2. The number of urea groups is 1. The molecule has 2 amide bonds. The van der Waals surface area contributed by atoms with E-state index >= 15 is 0 Å². The first kappa shape index (κ1) is 17.9. The van der Waals surface area contributed by atoms with Crippen molar-refractivity contribution in [1.82, 2.24) is 24.6 Å². The summed E-state index contributed by atoms with van der Waals surface area (Å²) >= 11 is 0. The Bertz CT molecular complexity index is 952. The summed E-state index contributed by atoms with van der Waals surface area (Å²) in [6, 6.07) is 16.9. The Kier molecular flexibility index (Phi) is 4.73. The van der Waals surface area contributed by atoms with Crippen LogP contribution in [-0.4, -0.2) is 62.8 Å². The number of nitrogens with zero attached hydrogens (tertiary/aromatic N) is 5. The first-order valence-corrected chi connectivity index (χ1v) is 10.1. The number of nitrogens with one attached hydrogen (secondary N) is 1. The van der Waals surface area contributed by atoms with Crippen LogP contribution in [0.3, 0.4) is 0 Å². The van der Waals surface area contributed by atoms with Crippen LogP contribution in [0.15, 0.2) is 61.2 Å². The number of carbonyl (C=O) groups excluding carboxylic acids is 1. The number of piperazine rings is 1. The molecule has 0 unspecified atom stereocenters. The SMILES string of the molecule is O=C(Nc1ccc(-n2cncn2)cc1)N1CCN(C2Cc3ccccc3C2)CC1. The third-order valence-electron chi connectivity index (χ3n) is 5.95. The molecule has 5 rings (SSSR count). The average Bonchev–Trinajstić information content (AvgIpc) is 3.44. The lowest BCUT2D eigenvalue weighted by molar-refractivity contribution is 0.116. The predicted molar refractivity (Wildman–Crippen MR) is 111 cm³/mol. The molecule has 1 N–H and O–H groups in total. The zero-order chi connectivity index (χ0) is 19.6. The summed E-state index contributed by atoms with van der Waals surface area (Å²) in [5.74, 6) is 0. The van der Waals surface area contributed by atoms with Gasteiger partial charge in [-0.05, 0) is 48.2 Å². The topological polar surface area (TPSA) is 66.3 Å². The molecule has 1 aliphatic heterocycles. The summed E-state index contributed by atoms with van der Waals surface area (Å²) in [6.45, 7) is 3.38. The molecule has 0 saturated carbocycles. The van der Waals surface area contributed by atoms with Crippen molar-refractivity contribution in [2.45, 2.75) is 18.9 Å². The zero-order valence-corrected chi connectivity index (χ0v) is 16.2. The van der Waals surface area contributed by atoms with Crippen LogP contribution in [0, 0.1) is 0 Å². The summed E-state index contributed by atoms with van der Waals surface area (Å²) in [5.41, 5.74) is 4.65. The van der Waals surface area contributed by atoms with Crippen LogP contribution < -0.4 is 5.32 Å². The van der Waals surface area contributed by atoms with Gasteiger partial charge in [-0.3, -0.25) is 4.90 Å². The van der Waals surface area contributed by atoms with Crippen molar-refractivity contribution in [2.75, 3.05) is 31.5 Å². The van der Waals surface area contributed by atoms with E-state index < -0.39 is 0 Å². The van der Waals surface area contributed by atoms with Crippen molar-refractivity contribution >= 4 is 11.7 Å². The number of aromatic nitrogens is 3. The third kappa shape index (κ3) is 3.73. The van der Waals surface area contributed by atoms with Crippen molar-refractivity contribution in [1.29, 1.82) is 0 Å². The number of carbonyl (C=O) groups is 1. The third-order valence-corrected chi connectivity index (χ3v) is 5.95. The molecular weight excluding hydrogens is 364 g/mol. The fourth-order valence-electron chi connectivity index (χ4n) is 4.33. The van der Waals surface area contributed by atoms with Gasteiger partial charge in [-0.2, -0.15) is 5.10 Å². The highest BCUT2D eigenvalue weighted by Crippen LogP contribution is 2.26. The molecule has 3 aromatic rings. The van der Waals surface area contributed by atoms with Crippen LogP contribution in [0.2, 0.25) is 0 Å². The van der Waals surface area contributed by atoms with E-state index in [0.717, 1.165) is 50.4 Å². The lowest BCUT2D eigenvalue weighted by Crippen LogP contribution is -2.53. The molecule has 2 heterocycles. The second kappa shape index (κ2) is 7.67. The maximum Gasteiger partial charge on any atom is 0.321 e. The van der Waals surface area contributed by atoms with Gasteiger partial charge in [-0.15, -0.1) is 0 Å². The largest absolute Gasteiger partial charge is 0.322 e. The van der Waals surface area contributed by atoms with Crippen LogP contribution in [-0.2, 0) is 12.8 Å². The predicted octanol–water partition coefficient (Wildman–Crippen LogP) is 2.58. The van der Waals surface area contributed by atoms with Crippen LogP contribution in [0.1, 0.15) is 11.1 Å². The average molecular weight is 388 g/mol. The summed E-state index contributed by atoms with van der Waals surface area (Å²) < 4.78 is 1.69. The quantitative estimate of drug-likeness (QED) is 0.749. The molecule has 0 bridgehead atoms. The molecule has 0 radical (unpaired) electrons. The zero-order valence-electron chi connectivity index (χ0n) is 16.2. The van der Waals surface area contributed by atoms with Gasteiger partial charge in [0, 0.05) is 37.9 Å². The van der Waals surface area contributed by atoms with Crippen molar-refractivity contribution in [3.05, 3.63) is 72.3 Å². The van der Waals surface area contributed by atoms with E-state index in [4.69, 9.17) is 0 Å². The molecule has 2 aromatic carbocycles. The molecule has 7 heteroatoms. The second-order valence-electron chi connectivity index (χ2n) is 7.67. The molecule has 1 saturated heterocycles. The Morgan fingerprint density at radius 3 is 2.24 bits per heavy atom. The van der Waals surface area contributed by atoms with E-state index in [-0.39, 0.29) is 6.03 Å². The molecular formula is C22H24N6O. The Hall–Kier alpha value is -3.19. The molecule has 0 spiro atoms. The molecule has 1 fully saturated rings. The lowest BCUT2D eigenvalue weighted by atomic mass is 10.1. The Morgan fingerprint density at radius 2 is 1.62 bits per heavy atom. The normalized spacial score (nSPS) is 17.3. The van der Waals surface area contributed by atoms with Gasteiger partial charge in [0.1, 0.15) is 12.7 Å². The summed E-state index contributed by atoms with van der Waals surface area (Å²) in [5, 5.41) is 7.11. The van der Waals surface area contributed by atoms with Gasteiger partial charge in [-0.1, -0.05) is 24.3 Å². The standard InChI is InChI=1S/C22H24N6O/c29-22(25-19-5-7-20(8-6-19)28-16-23-15-24-28)27-11-9-26(10-12-27)21-13-17-3-1-2-4-18(17)14-21/h1-8,15-16,21H,9-14H2,(H,25,29). The van der Waals surface area contributed by atoms with E-state index in [9.17, 15) is 4.79 Å². The van der Waals surface area contributed by atoms with Crippen LogP contribution in [0.25, 0.3) is 5.69 Å². The molecule has 7 nitrogen and oxygen atoms in total. The molecule has 29 heavy (non-hydrogen) atoms. The van der Waals surface area contributed by atoms with Crippen molar-refractivity contribution < 1.29 is 4.79 Å². The van der Waals surface area contributed by atoms with Gasteiger partial charge >= 0.3 is 6.03 Å². The minimum absolute atomic E-state index is 0.0344. The van der Waals surface area contributed by atoms with Gasteiger partial charge in [0.25, 0.3) is 0 Å². The van der Waals surface area contributed by atoms with Gasteiger partial charge in [0.2, 0.25) is 0 Å². The van der Waals surface area contributed by atoms with E-state index in [1.54, 1.807) is 11.0 Å². The molecule has 148 valence electrons. The lowest BCUT2D eigenvalue weighted by Gasteiger charge is -2.38. The highest BCUT2D eigenvalue weighted by Gasteiger charge is 2.30. The number of hydrogen-bond donors (Lipinski definition) is 1. The van der Waals surface area contributed by atoms with Crippen molar-refractivity contribution in [3.63, 3.8) is 0 Å². The van der Waals surface area contributed by atoms with E-state index in [2.05, 4.69) is 44.6 Å². The van der Waals surface area contributed by atoms with Crippen molar-refractivity contribution in [2.24, 2.45) is 0 Å². The number of rotatable bonds is 3. The van der Waals surface area contributed by atoms with Gasteiger partial charge in [0.05, 0.1) is 5.69 Å².